The number of hydrogen-bond acceptors (Lipinski definition) is 2. The van der Waals surface area contributed by atoms with Crippen molar-refractivity contribution in [1.29, 1.82) is 0 Å². The van der Waals surface area contributed by atoms with Crippen LogP contribution in [0.3, 0.4) is 0 Å². The summed E-state index contributed by atoms with van der Waals surface area (Å²) in [6.07, 6.45) is 0. The quantitative estimate of drug-likeness (QED) is 0.449. The summed E-state index contributed by atoms with van der Waals surface area (Å²) in [7, 11) is 0. The number of carbonyl (C=O) groups is 2. The zero-order valence-electron chi connectivity index (χ0n) is 16.3. The predicted octanol–water partition coefficient (Wildman–Crippen LogP) is 4.80. The van der Waals surface area contributed by atoms with Crippen LogP contribution in [0.25, 0.3) is 10.9 Å². The molecule has 0 radical (unpaired) electrons. The molecule has 0 spiro atoms. The average molecular weight is 401 g/mol. The van der Waals surface area contributed by atoms with Crippen molar-refractivity contribution in [1.82, 2.24) is 10.3 Å². The second kappa shape index (κ2) is 8.21. The molecular formula is C24H20FN3O2. The number of nitrogens with one attached hydrogen (secondary N) is 3. The number of hydrogen-bond donors (Lipinski definition) is 3. The van der Waals surface area contributed by atoms with Crippen LogP contribution in [-0.4, -0.2) is 16.8 Å². The van der Waals surface area contributed by atoms with Gasteiger partial charge in [-0.25, -0.2) is 4.39 Å². The molecule has 0 atom stereocenters. The van der Waals surface area contributed by atoms with Crippen molar-refractivity contribution < 1.29 is 14.0 Å². The molecule has 0 bridgehead atoms. The van der Waals surface area contributed by atoms with Crippen LogP contribution >= 0.6 is 0 Å². The summed E-state index contributed by atoms with van der Waals surface area (Å²) in [6.45, 7) is 2.15. The Balaban J connectivity index is 1.61. The first kappa shape index (κ1) is 19.4. The summed E-state index contributed by atoms with van der Waals surface area (Å²) >= 11 is 0. The van der Waals surface area contributed by atoms with Crippen LogP contribution in [0.2, 0.25) is 0 Å². The predicted molar refractivity (Wildman–Crippen MR) is 115 cm³/mol. The molecule has 0 aliphatic rings. The largest absolute Gasteiger partial charge is 0.349 e. The zero-order valence-corrected chi connectivity index (χ0v) is 16.3. The lowest BCUT2D eigenvalue weighted by molar-refractivity contribution is 0.0947. The third-order valence-electron chi connectivity index (χ3n) is 4.82. The van der Waals surface area contributed by atoms with E-state index >= 15 is 0 Å². The highest BCUT2D eigenvalue weighted by Crippen LogP contribution is 2.28. The zero-order chi connectivity index (χ0) is 21.1. The molecule has 0 saturated carbocycles. The van der Waals surface area contributed by atoms with Crippen LogP contribution in [0.5, 0.6) is 0 Å². The number of halogens is 1. The first-order valence-corrected chi connectivity index (χ1v) is 9.52. The van der Waals surface area contributed by atoms with Crippen LogP contribution in [0.1, 0.15) is 32.0 Å². The summed E-state index contributed by atoms with van der Waals surface area (Å²) in [5, 5.41) is 6.44. The Morgan fingerprint density at radius 1 is 0.933 bits per heavy atom. The molecule has 3 aromatic carbocycles. The fraction of sp³-hybridized carbons (Fsp3) is 0.0833. The van der Waals surface area contributed by atoms with Crippen LogP contribution in [-0.2, 0) is 6.54 Å². The van der Waals surface area contributed by atoms with E-state index in [4.69, 9.17) is 0 Å². The molecule has 150 valence electrons. The summed E-state index contributed by atoms with van der Waals surface area (Å²) < 4.78 is 13.1. The van der Waals surface area contributed by atoms with Gasteiger partial charge in [0.1, 0.15) is 11.5 Å². The highest BCUT2D eigenvalue weighted by atomic mass is 19.1. The number of rotatable bonds is 5. The number of carbonyl (C=O) groups excluding carboxylic acids is 2. The second-order valence-electron chi connectivity index (χ2n) is 7.05. The molecule has 0 aliphatic heterocycles. The first-order chi connectivity index (χ1) is 14.5. The molecule has 30 heavy (non-hydrogen) atoms. The van der Waals surface area contributed by atoms with Gasteiger partial charge >= 0.3 is 0 Å². The number of benzene rings is 3. The SMILES string of the molecule is Cc1cccc(C(=O)Nc2c(C(=O)NCc3ccc(F)cc3)[nH]c3ccccc23)c1. The van der Waals surface area contributed by atoms with Gasteiger partial charge in [0.2, 0.25) is 0 Å². The lowest BCUT2D eigenvalue weighted by Crippen LogP contribution is -2.25. The maximum Gasteiger partial charge on any atom is 0.270 e. The van der Waals surface area contributed by atoms with Gasteiger partial charge in [0, 0.05) is 23.0 Å². The summed E-state index contributed by atoms with van der Waals surface area (Å²) in [4.78, 5) is 28.8. The number of para-hydroxylation sites is 1. The van der Waals surface area contributed by atoms with Crippen LogP contribution in [0, 0.1) is 12.7 Å². The molecular weight excluding hydrogens is 381 g/mol. The summed E-state index contributed by atoms with van der Waals surface area (Å²) in [5.74, 6) is -0.993. The molecule has 4 aromatic rings. The molecule has 0 unspecified atom stereocenters. The number of H-pyrrole nitrogens is 1. The van der Waals surface area contributed by atoms with Crippen molar-refractivity contribution in [3.8, 4) is 0 Å². The van der Waals surface area contributed by atoms with Crippen LogP contribution in [0.15, 0.2) is 72.8 Å². The Bertz CT molecular complexity index is 1230. The number of anilines is 1. The minimum Gasteiger partial charge on any atom is -0.349 e. The second-order valence-corrected chi connectivity index (χ2v) is 7.05. The van der Waals surface area contributed by atoms with Crippen molar-refractivity contribution in [3.63, 3.8) is 0 Å². The van der Waals surface area contributed by atoms with E-state index in [-0.39, 0.29) is 29.9 Å². The van der Waals surface area contributed by atoms with Gasteiger partial charge in [-0.3, -0.25) is 9.59 Å². The van der Waals surface area contributed by atoms with E-state index in [0.29, 0.717) is 11.3 Å². The topological polar surface area (TPSA) is 74.0 Å². The Labute approximate surface area is 172 Å². The Hall–Kier alpha value is -3.93. The number of aromatic amines is 1. The molecule has 6 heteroatoms. The normalized spacial score (nSPS) is 10.7. The Morgan fingerprint density at radius 3 is 2.47 bits per heavy atom. The number of aromatic nitrogens is 1. The van der Waals surface area contributed by atoms with Gasteiger partial charge in [-0.15, -0.1) is 0 Å². The summed E-state index contributed by atoms with van der Waals surface area (Å²) in [5.41, 5.74) is 3.68. The highest BCUT2D eigenvalue weighted by molar-refractivity contribution is 6.15. The maximum atomic E-state index is 13.1. The third-order valence-corrected chi connectivity index (χ3v) is 4.82. The van der Waals surface area contributed by atoms with Crippen molar-refractivity contribution >= 4 is 28.4 Å². The fourth-order valence-corrected chi connectivity index (χ4v) is 3.29. The fourth-order valence-electron chi connectivity index (χ4n) is 3.29. The molecule has 0 saturated heterocycles. The third kappa shape index (κ3) is 4.07. The van der Waals surface area contributed by atoms with E-state index in [0.717, 1.165) is 22.0 Å². The summed E-state index contributed by atoms with van der Waals surface area (Å²) in [6, 6.07) is 20.5. The van der Waals surface area contributed by atoms with Gasteiger partial charge in [0.05, 0.1) is 5.69 Å². The number of fused-ring (bicyclic) bond motifs is 1. The van der Waals surface area contributed by atoms with Crippen LogP contribution in [0.4, 0.5) is 10.1 Å². The Kier molecular flexibility index (Phi) is 5.30. The standard InChI is InChI=1S/C24H20FN3O2/c1-15-5-4-6-17(13-15)23(29)28-21-19-7-2-3-8-20(19)27-22(21)24(30)26-14-16-9-11-18(25)12-10-16/h2-13,27H,14H2,1H3,(H,26,30)(H,28,29). The lowest BCUT2D eigenvalue weighted by Gasteiger charge is -2.09. The van der Waals surface area contributed by atoms with Gasteiger partial charge in [-0.05, 0) is 42.8 Å². The van der Waals surface area contributed by atoms with Gasteiger partial charge < -0.3 is 15.6 Å². The van der Waals surface area contributed by atoms with Crippen molar-refractivity contribution in [2.75, 3.05) is 5.32 Å². The molecule has 4 rings (SSSR count). The molecule has 3 N–H and O–H groups in total. The van der Waals surface area contributed by atoms with Crippen molar-refractivity contribution in [2.45, 2.75) is 13.5 Å². The van der Waals surface area contributed by atoms with Gasteiger partial charge in [0.15, 0.2) is 0 Å². The van der Waals surface area contributed by atoms with E-state index in [1.54, 1.807) is 24.3 Å². The average Bonchev–Trinajstić information content (AvgIpc) is 3.11. The minimum atomic E-state index is -0.366. The molecule has 0 fully saturated rings. The number of amides is 2. The monoisotopic (exact) mass is 401 g/mol. The molecule has 0 aliphatic carbocycles. The molecule has 1 heterocycles. The van der Waals surface area contributed by atoms with Gasteiger partial charge in [-0.2, -0.15) is 0 Å². The van der Waals surface area contributed by atoms with E-state index in [1.165, 1.54) is 12.1 Å². The molecule has 5 nitrogen and oxygen atoms in total. The van der Waals surface area contributed by atoms with Crippen LogP contribution < -0.4 is 10.6 Å². The smallest absolute Gasteiger partial charge is 0.270 e. The molecule has 2 amide bonds. The van der Waals surface area contributed by atoms with E-state index in [1.807, 2.05) is 43.3 Å². The maximum absolute atomic E-state index is 13.1. The number of aryl methyl sites for hydroxylation is 1. The minimum absolute atomic E-state index is 0.236. The van der Waals surface area contributed by atoms with E-state index in [2.05, 4.69) is 15.6 Å². The lowest BCUT2D eigenvalue weighted by atomic mass is 10.1. The first-order valence-electron chi connectivity index (χ1n) is 9.52. The Morgan fingerprint density at radius 2 is 1.70 bits per heavy atom. The van der Waals surface area contributed by atoms with Gasteiger partial charge in [0.25, 0.3) is 11.8 Å². The van der Waals surface area contributed by atoms with E-state index in [9.17, 15) is 14.0 Å². The van der Waals surface area contributed by atoms with Gasteiger partial charge in [-0.1, -0.05) is 48.0 Å². The van der Waals surface area contributed by atoms with Crippen molar-refractivity contribution in [2.24, 2.45) is 0 Å². The van der Waals surface area contributed by atoms with Crippen molar-refractivity contribution in [3.05, 3.63) is 101 Å². The highest BCUT2D eigenvalue weighted by Gasteiger charge is 2.20. The molecule has 1 aromatic heterocycles. The van der Waals surface area contributed by atoms with E-state index < -0.39 is 0 Å².